The van der Waals surface area contributed by atoms with Gasteiger partial charge in [0.1, 0.15) is 0 Å². The van der Waals surface area contributed by atoms with Crippen LogP contribution in [0.1, 0.15) is 69.4 Å². The average Bonchev–Trinajstić information content (AvgIpc) is 3.93. The molecular formula is C39H50B2N8O8S4. The summed E-state index contributed by atoms with van der Waals surface area (Å²) in [4.78, 5) is 35.0. The van der Waals surface area contributed by atoms with E-state index in [0.717, 1.165) is 21.2 Å². The summed E-state index contributed by atoms with van der Waals surface area (Å²) in [5, 5.41) is 57.2. The predicted octanol–water partition coefficient (Wildman–Crippen LogP) is 5.49. The number of aliphatic hydroxyl groups is 6. The Morgan fingerprint density at radius 1 is 0.738 bits per heavy atom. The Morgan fingerprint density at radius 2 is 1.18 bits per heavy atom. The van der Waals surface area contributed by atoms with Crippen molar-refractivity contribution in [3.8, 4) is 23.0 Å². The maximum absolute atomic E-state index is 10.00. The molecule has 0 aliphatic carbocycles. The molecule has 0 radical (unpaired) electrons. The monoisotopic (exact) mass is 908 g/mol. The summed E-state index contributed by atoms with van der Waals surface area (Å²) >= 11 is 5.50. The second-order valence-corrected chi connectivity index (χ2v) is 17.3. The topological polar surface area (TPSA) is 248 Å². The predicted molar refractivity (Wildman–Crippen MR) is 242 cm³/mol. The summed E-state index contributed by atoms with van der Waals surface area (Å²) in [5.41, 5.74) is 1.60. The molecule has 0 spiro atoms. The molecule has 22 heteroatoms. The summed E-state index contributed by atoms with van der Waals surface area (Å²) in [6.45, 7) is 12.2. The molecule has 0 aromatic carbocycles. The zero-order chi connectivity index (χ0) is 44.5. The molecule has 6 rings (SSSR count). The Hall–Kier alpha value is -4.09. The van der Waals surface area contributed by atoms with Gasteiger partial charge in [0.15, 0.2) is 0 Å². The van der Waals surface area contributed by atoms with E-state index in [-0.39, 0.29) is 13.2 Å². The number of aromatic amines is 2. The standard InChI is InChI=1S/C19H23BN4O4S2.C18H21BN4O4S2.C2H6/c1-11-14(5-4-6-21-11)28-15-7-12(29-10-19(2,3)27)8-22-17(15)24-18-23-16(20-30-18)13(26)9-25;1-10(25)9-28-12-6-15(27-14-4-3-5-20-11(14)2)17(21-7-12)23-18-22-16(19-29-18)13(26)8-24;1-2/h4-8,13,25-27H,9-10H2,1-3H3,(H,22,23,24);3-7,10,13,24-26H,8-9H2,1-2H3,(H,21,22,23);1-2H3. The Kier molecular flexibility index (Phi) is 19.9. The fourth-order valence-corrected chi connectivity index (χ4v) is 7.74. The molecule has 0 aliphatic heterocycles. The quantitative estimate of drug-likeness (QED) is 0.0560. The summed E-state index contributed by atoms with van der Waals surface area (Å²) in [6, 6.07) is 10.8. The van der Waals surface area contributed by atoms with Crippen molar-refractivity contribution in [3.63, 3.8) is 0 Å². The summed E-state index contributed by atoms with van der Waals surface area (Å²) in [6.07, 6.45) is 7.69. The number of pyridine rings is 4. The van der Waals surface area contributed by atoms with Gasteiger partial charge in [-0.15, -0.1) is 0 Å². The molecule has 0 saturated carbocycles. The molecule has 324 valence electrons. The molecule has 0 bridgehead atoms. The van der Waals surface area contributed by atoms with Crippen LogP contribution in [0.15, 0.2) is 81.0 Å². The number of rotatable bonds is 16. The normalized spacial score (nSPS) is 13.3. The summed E-state index contributed by atoms with van der Waals surface area (Å²) < 4.78 is 12.1. The van der Waals surface area contributed by atoms with E-state index in [1.807, 2.05) is 52.0 Å². The number of nitrogens with one attached hydrogen (secondary N) is 2. The number of thioether (sulfide) groups is 2. The van der Waals surface area contributed by atoms with Crippen LogP contribution in [-0.2, 0) is 0 Å². The fraction of sp³-hybridized carbons (Fsp3) is 0.385. The van der Waals surface area contributed by atoms with Crippen molar-refractivity contribution in [1.82, 2.24) is 29.9 Å². The van der Waals surface area contributed by atoms with Gasteiger partial charge in [-0.3, -0.25) is 0 Å². The number of H-pyrrole nitrogens is 2. The molecular weight excluding hydrogens is 858 g/mol. The van der Waals surface area contributed by atoms with Crippen LogP contribution in [0.2, 0.25) is 0 Å². The van der Waals surface area contributed by atoms with Crippen LogP contribution in [0.25, 0.3) is 0 Å². The minimum atomic E-state index is -0.993. The van der Waals surface area contributed by atoms with Gasteiger partial charge in [0.25, 0.3) is 0 Å². The van der Waals surface area contributed by atoms with E-state index in [2.05, 4.69) is 39.9 Å². The number of nitrogens with zero attached hydrogens (tertiary/aromatic N) is 6. The molecule has 61 heavy (non-hydrogen) atoms. The van der Waals surface area contributed by atoms with Crippen LogP contribution >= 0.6 is 45.9 Å². The molecule has 3 unspecified atom stereocenters. The second kappa shape index (κ2) is 24.5. The van der Waals surface area contributed by atoms with Crippen molar-refractivity contribution >= 4 is 69.9 Å². The number of aryl methyl sites for hydroxylation is 2. The van der Waals surface area contributed by atoms with E-state index in [4.69, 9.17) is 19.7 Å². The second-order valence-electron chi connectivity index (χ2n) is 13.5. The SMILES string of the molecule is CC.Cc1ncccc1Oc1cc(SCC(C)(C)O)cnc1/N=c1/[nH]c(C(O)CO)bs1.Cc1ncccc1Oc1cc(SCC(C)O)cnc1/N=c1/[nH]c(C(O)CO)bs1. The van der Waals surface area contributed by atoms with Gasteiger partial charge in [-0.25, -0.2) is 0 Å². The van der Waals surface area contributed by atoms with Crippen LogP contribution in [0.3, 0.4) is 0 Å². The van der Waals surface area contributed by atoms with Gasteiger partial charge in [0.05, 0.1) is 0 Å². The first kappa shape index (κ1) is 49.6. The van der Waals surface area contributed by atoms with E-state index >= 15 is 0 Å². The van der Waals surface area contributed by atoms with E-state index in [1.54, 1.807) is 70.0 Å². The van der Waals surface area contributed by atoms with Gasteiger partial charge in [-0.2, -0.15) is 0 Å². The zero-order valence-corrected chi connectivity index (χ0v) is 38.1. The van der Waals surface area contributed by atoms with Crippen molar-refractivity contribution in [2.45, 2.75) is 82.2 Å². The molecule has 0 saturated heterocycles. The van der Waals surface area contributed by atoms with Crippen LogP contribution in [0.5, 0.6) is 23.0 Å². The van der Waals surface area contributed by atoms with Crippen LogP contribution in [-0.4, -0.2) is 109 Å². The molecule has 0 fully saturated rings. The zero-order valence-electron chi connectivity index (χ0n) is 34.8. The first-order valence-electron chi connectivity index (χ1n) is 19.1. The Morgan fingerprint density at radius 3 is 1.57 bits per heavy atom. The van der Waals surface area contributed by atoms with Crippen molar-refractivity contribution in [2.24, 2.45) is 9.98 Å². The Bertz CT molecular complexity index is 2420. The van der Waals surface area contributed by atoms with Gasteiger partial charge in [0.2, 0.25) is 0 Å². The first-order valence-corrected chi connectivity index (χ1v) is 22.8. The molecule has 0 amide bonds. The van der Waals surface area contributed by atoms with Gasteiger partial charge in [-0.05, 0) is 0 Å². The minimum absolute atomic E-state index is 0.356. The van der Waals surface area contributed by atoms with Crippen molar-refractivity contribution in [2.75, 3.05) is 24.7 Å². The van der Waals surface area contributed by atoms with Gasteiger partial charge in [-0.1, -0.05) is 13.8 Å². The van der Waals surface area contributed by atoms with Gasteiger partial charge >= 0.3 is 359 Å². The van der Waals surface area contributed by atoms with Crippen molar-refractivity contribution in [3.05, 3.63) is 93.4 Å². The van der Waals surface area contributed by atoms with Crippen LogP contribution < -0.4 is 19.1 Å². The van der Waals surface area contributed by atoms with E-state index in [1.165, 1.54) is 45.9 Å². The molecule has 6 aromatic heterocycles. The Labute approximate surface area is 371 Å². The number of hydrogen-bond acceptors (Lipinski definition) is 18. The third kappa shape index (κ3) is 16.0. The van der Waals surface area contributed by atoms with Crippen LogP contribution in [0, 0.1) is 13.8 Å². The fourth-order valence-electron chi connectivity index (χ4n) is 4.61. The molecule has 16 nitrogen and oxygen atoms in total. The van der Waals surface area contributed by atoms with E-state index in [0.29, 0.717) is 66.9 Å². The van der Waals surface area contributed by atoms with Crippen molar-refractivity contribution < 1.29 is 40.1 Å². The van der Waals surface area contributed by atoms with E-state index < -0.39 is 23.9 Å². The molecule has 8 N–H and O–H groups in total. The number of aliphatic hydroxyl groups excluding tert-OH is 5. The van der Waals surface area contributed by atoms with Crippen molar-refractivity contribution in [1.29, 1.82) is 0 Å². The first-order chi connectivity index (χ1) is 29.2. The third-order valence-electron chi connectivity index (χ3n) is 7.63. The molecule has 6 aromatic rings. The van der Waals surface area contributed by atoms with Gasteiger partial charge in [0, 0.05) is 0 Å². The van der Waals surface area contributed by atoms with E-state index in [9.17, 15) is 20.4 Å². The molecule has 6 heterocycles. The Balaban J connectivity index is 0.000000258. The maximum atomic E-state index is 10.00. The molecule has 3 atom stereocenters. The van der Waals surface area contributed by atoms with Crippen LogP contribution in [0.4, 0.5) is 11.6 Å². The summed E-state index contributed by atoms with van der Waals surface area (Å²) in [5.74, 6) is 3.82. The number of hydrogen-bond donors (Lipinski definition) is 8. The number of aromatic nitrogens is 6. The summed E-state index contributed by atoms with van der Waals surface area (Å²) in [7, 11) is 0. The average molecular weight is 909 g/mol. The molecule has 0 aliphatic rings. The number of ether oxygens (including phenoxy) is 2. The third-order valence-corrected chi connectivity index (χ3v) is 11.8. The van der Waals surface area contributed by atoms with Gasteiger partial charge < -0.3 is 0 Å².